The smallest absolute Gasteiger partial charge is 0.285 e. The van der Waals surface area contributed by atoms with E-state index >= 15 is 0 Å². The molecule has 39 heavy (non-hydrogen) atoms. The first-order valence-electron chi connectivity index (χ1n) is 14.1. The number of ketones is 3. The van der Waals surface area contributed by atoms with Crippen molar-refractivity contribution in [3.63, 3.8) is 0 Å². The van der Waals surface area contributed by atoms with Gasteiger partial charge in [-0.1, -0.05) is 41.0 Å². The maximum atomic E-state index is 14.3. The molecule has 4 fully saturated rings. The number of halogens is 2. The number of primary amides is 1. The predicted molar refractivity (Wildman–Crippen MR) is 139 cm³/mol. The van der Waals surface area contributed by atoms with Crippen LogP contribution in [-0.4, -0.2) is 58.6 Å². The highest BCUT2D eigenvalue weighted by molar-refractivity contribution is 6.36. The lowest BCUT2D eigenvalue weighted by Gasteiger charge is -2.36. The maximum Gasteiger partial charge on any atom is 0.285 e. The molecule has 8 nitrogen and oxygen atoms in total. The van der Waals surface area contributed by atoms with Gasteiger partial charge in [-0.3, -0.25) is 24.0 Å². The van der Waals surface area contributed by atoms with Gasteiger partial charge in [0.05, 0.1) is 11.6 Å². The van der Waals surface area contributed by atoms with Crippen LogP contribution >= 0.6 is 0 Å². The molecule has 1 aliphatic heterocycles. The van der Waals surface area contributed by atoms with E-state index < -0.39 is 65.6 Å². The summed E-state index contributed by atoms with van der Waals surface area (Å²) in [5.74, 6) is -5.83. The van der Waals surface area contributed by atoms with Gasteiger partial charge < -0.3 is 16.4 Å². The van der Waals surface area contributed by atoms with Crippen molar-refractivity contribution in [3.05, 3.63) is 0 Å². The average Bonchev–Trinajstić information content (AvgIpc) is 3.54. The van der Waals surface area contributed by atoms with Crippen LogP contribution in [0.2, 0.25) is 0 Å². The SMILES string of the molecule is CC(C)(C)[C@H](CC(=O)C1(N)CC1)C(=O)N1C[C@]2(C[C@H]1C(=O)CC(CC(F)F)C(=O)C(N)=O)C(C)(C)C21CCC1. The van der Waals surface area contributed by atoms with Gasteiger partial charge in [0.25, 0.3) is 5.91 Å². The second-order valence-electron chi connectivity index (χ2n) is 14.3. The first kappa shape index (κ1) is 29.7. The van der Waals surface area contributed by atoms with Crippen LogP contribution in [0.5, 0.6) is 0 Å². The lowest BCUT2D eigenvalue weighted by Crippen LogP contribution is -2.49. The number of fused-ring (bicyclic) bond motifs is 1. The van der Waals surface area contributed by atoms with Crippen molar-refractivity contribution < 1.29 is 32.8 Å². The molecule has 3 aliphatic carbocycles. The van der Waals surface area contributed by atoms with Crippen LogP contribution in [0, 0.1) is 33.5 Å². The highest BCUT2D eigenvalue weighted by Crippen LogP contribution is 2.88. The zero-order valence-corrected chi connectivity index (χ0v) is 23.8. The lowest BCUT2D eigenvalue weighted by atomic mass is 9.73. The van der Waals surface area contributed by atoms with Gasteiger partial charge in [0, 0.05) is 43.1 Å². The Hall–Kier alpha value is -2.23. The van der Waals surface area contributed by atoms with Crippen molar-refractivity contribution in [1.82, 2.24) is 4.90 Å². The molecule has 4 atom stereocenters. The van der Waals surface area contributed by atoms with Crippen LogP contribution in [0.1, 0.15) is 92.4 Å². The monoisotopic (exact) mass is 551 g/mol. The zero-order chi connectivity index (χ0) is 29.3. The summed E-state index contributed by atoms with van der Waals surface area (Å²) in [6, 6.07) is -0.926. The largest absolute Gasteiger partial charge is 0.363 e. The first-order valence-corrected chi connectivity index (χ1v) is 14.1. The number of nitrogens with zero attached hydrogens (tertiary/aromatic N) is 1. The minimum absolute atomic E-state index is 0.00135. The van der Waals surface area contributed by atoms with Crippen molar-refractivity contribution in [3.8, 4) is 0 Å². The van der Waals surface area contributed by atoms with E-state index in [4.69, 9.17) is 11.5 Å². The maximum absolute atomic E-state index is 14.3. The summed E-state index contributed by atoms with van der Waals surface area (Å²) in [5, 5.41) is 0. The average molecular weight is 552 g/mol. The van der Waals surface area contributed by atoms with Gasteiger partial charge in [-0.25, -0.2) is 8.78 Å². The Morgan fingerprint density at radius 2 is 1.56 bits per heavy atom. The topological polar surface area (TPSA) is 141 Å². The van der Waals surface area contributed by atoms with E-state index in [2.05, 4.69) is 13.8 Å². The van der Waals surface area contributed by atoms with Crippen molar-refractivity contribution >= 4 is 29.2 Å². The Balaban J connectivity index is 1.65. The van der Waals surface area contributed by atoms with Crippen molar-refractivity contribution in [2.24, 2.45) is 45.0 Å². The highest BCUT2D eigenvalue weighted by atomic mass is 19.3. The molecule has 1 saturated heterocycles. The summed E-state index contributed by atoms with van der Waals surface area (Å²) < 4.78 is 26.5. The minimum atomic E-state index is -2.90. The van der Waals surface area contributed by atoms with E-state index in [0.717, 1.165) is 19.3 Å². The number of hydrogen-bond acceptors (Lipinski definition) is 6. The second-order valence-corrected chi connectivity index (χ2v) is 14.3. The van der Waals surface area contributed by atoms with Gasteiger partial charge >= 0.3 is 0 Å². The number of hydrogen-bond donors (Lipinski definition) is 2. The number of Topliss-reactive ketones (excluding diaryl/α,β-unsaturated/α-hetero) is 3. The molecule has 4 N–H and O–H groups in total. The molecule has 2 amide bonds. The van der Waals surface area contributed by atoms with E-state index in [1.807, 2.05) is 20.8 Å². The van der Waals surface area contributed by atoms with E-state index in [9.17, 15) is 32.8 Å². The molecule has 10 heteroatoms. The fraction of sp³-hybridized carbons (Fsp3) is 0.828. The molecule has 4 aliphatic rings. The summed E-state index contributed by atoms with van der Waals surface area (Å²) in [6.45, 7) is 10.3. The highest BCUT2D eigenvalue weighted by Gasteiger charge is 2.85. The summed E-state index contributed by atoms with van der Waals surface area (Å²) >= 11 is 0. The number of carbonyl (C=O) groups is 5. The van der Waals surface area contributed by atoms with Crippen LogP contribution in [-0.2, 0) is 24.0 Å². The molecule has 0 aromatic heterocycles. The van der Waals surface area contributed by atoms with Crippen LogP contribution in [0.15, 0.2) is 0 Å². The number of rotatable bonds is 11. The molecular formula is C29H43F2N3O5. The standard InChI is InChI=1S/C29H43F2N3O5/c1-25(2,3)17(13-20(36)27(33)9-10-27)24(39)34-15-29(26(4,5)28(29)7-6-8-28)14-18(34)19(35)11-16(12-21(30)31)22(37)23(32)38/h16-18,21H,6-15,33H2,1-5H3,(H2,32,38)/t16?,17-,18+,29-/m1/s1. The van der Waals surface area contributed by atoms with Gasteiger partial charge in [-0.2, -0.15) is 0 Å². The van der Waals surface area contributed by atoms with Gasteiger partial charge in [-0.05, 0) is 48.3 Å². The lowest BCUT2D eigenvalue weighted by molar-refractivity contribution is -0.147. The molecule has 0 bridgehead atoms. The minimum Gasteiger partial charge on any atom is -0.363 e. The normalized spacial score (nSPS) is 29.2. The molecule has 218 valence electrons. The quantitative estimate of drug-likeness (QED) is 0.378. The third-order valence-corrected chi connectivity index (χ3v) is 11.1. The number of likely N-dealkylation sites (tertiary alicyclic amines) is 1. The first-order chi connectivity index (χ1) is 17.8. The molecule has 0 aromatic carbocycles. The van der Waals surface area contributed by atoms with Crippen LogP contribution in [0.25, 0.3) is 0 Å². The summed E-state index contributed by atoms with van der Waals surface area (Å²) in [7, 11) is 0. The van der Waals surface area contributed by atoms with Gasteiger partial charge in [0.1, 0.15) is 0 Å². The third kappa shape index (κ3) is 4.64. The van der Waals surface area contributed by atoms with E-state index in [1.165, 1.54) is 0 Å². The second kappa shape index (κ2) is 9.42. The Morgan fingerprint density at radius 1 is 0.974 bits per heavy atom. The molecule has 4 rings (SSSR count). The van der Waals surface area contributed by atoms with Gasteiger partial charge in [-0.15, -0.1) is 0 Å². The molecular weight excluding hydrogens is 508 g/mol. The fourth-order valence-corrected chi connectivity index (χ4v) is 7.96. The van der Waals surface area contributed by atoms with Crippen LogP contribution < -0.4 is 11.5 Å². The number of carbonyl (C=O) groups excluding carboxylic acids is 5. The van der Waals surface area contributed by atoms with Crippen molar-refractivity contribution in [2.45, 2.75) is 110 Å². The number of amides is 2. The number of nitrogens with two attached hydrogens (primary N) is 2. The Morgan fingerprint density at radius 3 is 1.97 bits per heavy atom. The molecule has 2 spiro atoms. The Labute approximate surface area is 229 Å². The zero-order valence-electron chi connectivity index (χ0n) is 23.8. The van der Waals surface area contributed by atoms with E-state index in [1.54, 1.807) is 4.90 Å². The summed E-state index contributed by atoms with van der Waals surface area (Å²) in [5.41, 5.74) is 9.31. The van der Waals surface area contributed by atoms with Crippen LogP contribution in [0.3, 0.4) is 0 Å². The Kier molecular flexibility index (Phi) is 7.18. The summed E-state index contributed by atoms with van der Waals surface area (Å²) in [4.78, 5) is 66.4. The summed E-state index contributed by atoms with van der Waals surface area (Å²) in [6.07, 6.45) is 0.125. The molecule has 1 unspecified atom stereocenters. The fourth-order valence-electron chi connectivity index (χ4n) is 7.96. The molecule has 0 aromatic rings. The number of alkyl halides is 2. The predicted octanol–water partition coefficient (Wildman–Crippen LogP) is 3.18. The van der Waals surface area contributed by atoms with E-state index in [-0.39, 0.29) is 34.4 Å². The Bertz CT molecular complexity index is 1090. The van der Waals surface area contributed by atoms with Crippen LogP contribution in [0.4, 0.5) is 8.78 Å². The third-order valence-electron chi connectivity index (χ3n) is 11.1. The van der Waals surface area contributed by atoms with E-state index in [0.29, 0.717) is 25.8 Å². The van der Waals surface area contributed by atoms with Crippen molar-refractivity contribution in [2.75, 3.05) is 6.54 Å². The van der Waals surface area contributed by atoms with Gasteiger partial charge in [0.15, 0.2) is 11.6 Å². The molecule has 1 heterocycles. The molecule has 3 saturated carbocycles. The van der Waals surface area contributed by atoms with Gasteiger partial charge in [0.2, 0.25) is 18.1 Å². The van der Waals surface area contributed by atoms with Crippen molar-refractivity contribution in [1.29, 1.82) is 0 Å². The molecule has 0 radical (unpaired) electrons.